The molecule has 0 aliphatic rings. The van der Waals surface area contributed by atoms with Crippen molar-refractivity contribution in [2.75, 3.05) is 21.3 Å². The highest BCUT2D eigenvalue weighted by Gasteiger charge is 2.15. The molecule has 24 heavy (non-hydrogen) atoms. The molecule has 0 radical (unpaired) electrons. The lowest BCUT2D eigenvalue weighted by atomic mass is 10.1. The second-order valence-electron chi connectivity index (χ2n) is 5.05. The van der Waals surface area contributed by atoms with Crippen molar-refractivity contribution < 1.29 is 28.1 Å². The average molecular weight is 334 g/mol. The fourth-order valence-corrected chi connectivity index (χ4v) is 2.24. The molecule has 0 spiro atoms. The van der Waals surface area contributed by atoms with Crippen molar-refractivity contribution in [3.8, 4) is 17.2 Å². The molecule has 0 saturated heterocycles. The zero-order chi connectivity index (χ0) is 17.7. The minimum Gasteiger partial charge on any atom is -0.496 e. The van der Waals surface area contributed by atoms with Gasteiger partial charge >= 0.3 is 5.97 Å². The van der Waals surface area contributed by atoms with Gasteiger partial charge in [0.1, 0.15) is 18.1 Å². The third kappa shape index (κ3) is 3.76. The van der Waals surface area contributed by atoms with Gasteiger partial charge in [-0.15, -0.1) is 0 Å². The normalized spacial score (nSPS) is 10.2. The molecule has 0 unspecified atom stereocenters. The SMILES string of the molecule is COc1ccc(COC(=O)c2cc(OC)c(C)c(OC)c2)cc1F. The largest absolute Gasteiger partial charge is 0.496 e. The minimum absolute atomic E-state index is 0.0573. The van der Waals surface area contributed by atoms with Crippen molar-refractivity contribution >= 4 is 5.97 Å². The Balaban J connectivity index is 2.14. The van der Waals surface area contributed by atoms with Gasteiger partial charge in [-0.25, -0.2) is 9.18 Å². The smallest absolute Gasteiger partial charge is 0.338 e. The van der Waals surface area contributed by atoms with E-state index in [1.54, 1.807) is 18.2 Å². The molecule has 2 rings (SSSR count). The number of rotatable bonds is 6. The highest BCUT2D eigenvalue weighted by molar-refractivity contribution is 5.90. The summed E-state index contributed by atoms with van der Waals surface area (Å²) in [6.45, 7) is 1.77. The summed E-state index contributed by atoms with van der Waals surface area (Å²) < 4.78 is 34.2. The molecule has 0 saturated carbocycles. The topological polar surface area (TPSA) is 54.0 Å². The maximum Gasteiger partial charge on any atom is 0.338 e. The van der Waals surface area contributed by atoms with Crippen molar-refractivity contribution in [3.63, 3.8) is 0 Å². The van der Waals surface area contributed by atoms with E-state index >= 15 is 0 Å². The number of carbonyl (C=O) groups is 1. The summed E-state index contributed by atoms with van der Waals surface area (Å²) in [5.41, 5.74) is 1.60. The van der Waals surface area contributed by atoms with E-state index in [0.717, 1.165) is 5.56 Å². The standard InChI is InChI=1S/C18H19FO5/c1-11-16(22-3)8-13(9-17(11)23-4)18(20)24-10-12-5-6-15(21-2)14(19)7-12/h5-9H,10H2,1-4H3. The molecule has 0 fully saturated rings. The predicted octanol–water partition coefficient (Wildman–Crippen LogP) is 3.52. The van der Waals surface area contributed by atoms with Gasteiger partial charge in [0.15, 0.2) is 11.6 Å². The van der Waals surface area contributed by atoms with Crippen molar-refractivity contribution in [1.29, 1.82) is 0 Å². The van der Waals surface area contributed by atoms with Crippen molar-refractivity contribution in [1.82, 2.24) is 0 Å². The van der Waals surface area contributed by atoms with Gasteiger partial charge in [-0.3, -0.25) is 0 Å². The van der Waals surface area contributed by atoms with Gasteiger partial charge in [-0.1, -0.05) is 6.07 Å². The van der Waals surface area contributed by atoms with Crippen molar-refractivity contribution in [2.24, 2.45) is 0 Å². The molecule has 0 amide bonds. The first-order valence-electron chi connectivity index (χ1n) is 7.22. The molecule has 5 nitrogen and oxygen atoms in total. The van der Waals surface area contributed by atoms with Crippen LogP contribution in [-0.4, -0.2) is 27.3 Å². The van der Waals surface area contributed by atoms with Gasteiger partial charge in [-0.05, 0) is 36.8 Å². The van der Waals surface area contributed by atoms with Gasteiger partial charge in [0.05, 0.1) is 26.9 Å². The Kier molecular flexibility index (Phi) is 5.63. The lowest BCUT2D eigenvalue weighted by Gasteiger charge is -2.12. The van der Waals surface area contributed by atoms with Gasteiger partial charge < -0.3 is 18.9 Å². The fourth-order valence-electron chi connectivity index (χ4n) is 2.24. The molecule has 0 atom stereocenters. The Hall–Kier alpha value is -2.76. The lowest BCUT2D eigenvalue weighted by molar-refractivity contribution is 0.0471. The maximum absolute atomic E-state index is 13.6. The first-order valence-corrected chi connectivity index (χ1v) is 7.22. The van der Waals surface area contributed by atoms with Crippen LogP contribution in [0.15, 0.2) is 30.3 Å². The van der Waals surface area contributed by atoms with Gasteiger partial charge in [0.2, 0.25) is 0 Å². The van der Waals surface area contributed by atoms with Crippen LogP contribution in [0.25, 0.3) is 0 Å². The van der Waals surface area contributed by atoms with Gasteiger partial charge in [-0.2, -0.15) is 0 Å². The summed E-state index contributed by atoms with van der Waals surface area (Å²) in [4.78, 5) is 12.2. The van der Waals surface area contributed by atoms with Crippen LogP contribution < -0.4 is 14.2 Å². The van der Waals surface area contributed by atoms with Crippen LogP contribution in [0.4, 0.5) is 4.39 Å². The number of methoxy groups -OCH3 is 3. The third-order valence-electron chi connectivity index (χ3n) is 3.57. The molecule has 2 aromatic rings. The van der Waals surface area contributed by atoms with Crippen molar-refractivity contribution in [2.45, 2.75) is 13.5 Å². The van der Waals surface area contributed by atoms with Crippen LogP contribution in [0.3, 0.4) is 0 Å². The van der Waals surface area contributed by atoms with E-state index in [2.05, 4.69) is 0 Å². The van der Waals surface area contributed by atoms with Crippen LogP contribution in [-0.2, 0) is 11.3 Å². The summed E-state index contributed by atoms with van der Waals surface area (Å²) in [7, 11) is 4.41. The highest BCUT2D eigenvalue weighted by atomic mass is 19.1. The van der Waals surface area contributed by atoms with E-state index in [-0.39, 0.29) is 12.4 Å². The number of esters is 1. The monoisotopic (exact) mass is 334 g/mol. The molecule has 0 aliphatic carbocycles. The average Bonchev–Trinajstić information content (AvgIpc) is 2.59. The molecule has 0 bridgehead atoms. The van der Waals surface area contributed by atoms with E-state index in [0.29, 0.717) is 22.6 Å². The predicted molar refractivity (Wildman–Crippen MR) is 86.4 cm³/mol. The van der Waals surface area contributed by atoms with Gasteiger partial charge in [0, 0.05) is 5.56 Å². The summed E-state index contributed by atoms with van der Waals surface area (Å²) in [5.74, 6) is 0.124. The van der Waals surface area contributed by atoms with Crippen molar-refractivity contribution in [3.05, 3.63) is 52.8 Å². The van der Waals surface area contributed by atoms with Crippen LogP contribution in [0, 0.1) is 12.7 Å². The fraction of sp³-hybridized carbons (Fsp3) is 0.278. The summed E-state index contributed by atoms with van der Waals surface area (Å²) in [5, 5.41) is 0. The summed E-state index contributed by atoms with van der Waals surface area (Å²) >= 11 is 0. The first-order chi connectivity index (χ1) is 11.5. The molecule has 128 valence electrons. The molecule has 0 heterocycles. The Bertz CT molecular complexity index is 717. The van der Waals surface area contributed by atoms with Crippen LogP contribution >= 0.6 is 0 Å². The molecular formula is C18H19FO5. The number of benzene rings is 2. The second-order valence-corrected chi connectivity index (χ2v) is 5.05. The van der Waals surface area contributed by atoms with E-state index in [4.69, 9.17) is 18.9 Å². The van der Waals surface area contributed by atoms with Gasteiger partial charge in [0.25, 0.3) is 0 Å². The van der Waals surface area contributed by atoms with E-state index in [1.807, 2.05) is 6.92 Å². The van der Waals surface area contributed by atoms with E-state index in [9.17, 15) is 9.18 Å². The Morgan fingerprint density at radius 3 is 2.04 bits per heavy atom. The summed E-state index contributed by atoms with van der Waals surface area (Å²) in [6, 6.07) is 7.54. The number of hydrogen-bond donors (Lipinski definition) is 0. The first kappa shape index (κ1) is 17.6. The van der Waals surface area contributed by atoms with E-state index < -0.39 is 11.8 Å². The molecule has 6 heteroatoms. The quantitative estimate of drug-likeness (QED) is 0.757. The van der Waals surface area contributed by atoms with Crippen LogP contribution in [0.2, 0.25) is 0 Å². The Morgan fingerprint density at radius 1 is 0.958 bits per heavy atom. The zero-order valence-corrected chi connectivity index (χ0v) is 14.0. The number of carbonyl (C=O) groups excluding carboxylic acids is 1. The van der Waals surface area contributed by atoms with E-state index in [1.165, 1.54) is 33.5 Å². The molecular weight excluding hydrogens is 315 g/mol. The Labute approximate surface area is 139 Å². The number of halogens is 1. The highest BCUT2D eigenvalue weighted by Crippen LogP contribution is 2.30. The zero-order valence-electron chi connectivity index (χ0n) is 14.0. The minimum atomic E-state index is -0.553. The summed E-state index contributed by atoms with van der Waals surface area (Å²) in [6.07, 6.45) is 0. The molecule has 0 aromatic heterocycles. The Morgan fingerprint density at radius 2 is 1.54 bits per heavy atom. The molecule has 0 N–H and O–H groups in total. The lowest BCUT2D eigenvalue weighted by Crippen LogP contribution is -2.07. The second kappa shape index (κ2) is 7.68. The number of ether oxygens (including phenoxy) is 4. The number of hydrogen-bond acceptors (Lipinski definition) is 5. The molecule has 0 aliphatic heterocycles. The molecule has 2 aromatic carbocycles. The third-order valence-corrected chi connectivity index (χ3v) is 3.57. The maximum atomic E-state index is 13.6. The van der Waals surface area contributed by atoms with Crippen LogP contribution in [0.5, 0.6) is 17.2 Å². The van der Waals surface area contributed by atoms with Crippen LogP contribution in [0.1, 0.15) is 21.5 Å².